The zero-order valence-corrected chi connectivity index (χ0v) is 24.4. The summed E-state index contributed by atoms with van der Waals surface area (Å²) in [4.78, 5) is 45.6. The number of halogens is 1. The molecular weight excluding hydrogens is 553 g/mol. The van der Waals surface area contributed by atoms with E-state index in [1.807, 2.05) is 6.07 Å². The Kier molecular flexibility index (Phi) is 9.41. The third-order valence-electron chi connectivity index (χ3n) is 7.76. The first-order valence-electron chi connectivity index (χ1n) is 14.3. The molecule has 0 bridgehead atoms. The van der Waals surface area contributed by atoms with Gasteiger partial charge in [-0.2, -0.15) is 0 Å². The van der Waals surface area contributed by atoms with E-state index in [4.69, 9.17) is 9.47 Å². The lowest BCUT2D eigenvalue weighted by Crippen LogP contribution is -2.46. The Morgan fingerprint density at radius 3 is 2.05 bits per heavy atom. The normalized spacial score (nSPS) is 15.5. The van der Waals surface area contributed by atoms with Gasteiger partial charge in [-0.15, -0.1) is 0 Å². The summed E-state index contributed by atoms with van der Waals surface area (Å²) in [6, 6.07) is 15.8. The van der Waals surface area contributed by atoms with Gasteiger partial charge in [-0.1, -0.05) is 0 Å². The predicted octanol–water partition coefficient (Wildman–Crippen LogP) is 3.49. The zero-order chi connectivity index (χ0) is 30.3. The van der Waals surface area contributed by atoms with Gasteiger partial charge in [-0.3, -0.25) is 14.4 Å². The number of nitrogens with zero attached hydrogens (tertiary/aromatic N) is 3. The maximum atomic E-state index is 13.5. The number of rotatable bonds is 7. The number of amides is 3. The molecule has 0 aromatic heterocycles. The summed E-state index contributed by atoms with van der Waals surface area (Å²) in [7, 11) is 3.08. The molecule has 5 rings (SSSR count). The van der Waals surface area contributed by atoms with Crippen molar-refractivity contribution in [2.24, 2.45) is 0 Å². The molecule has 3 aromatic rings. The highest BCUT2D eigenvalue weighted by Gasteiger charge is 2.25. The molecule has 43 heavy (non-hydrogen) atoms. The standard InChI is InChI=1S/C32H36FN5O5/c1-42-28-11-7-24(21-29(28)43-2)32(41)37-15-3-14-36(18-19-37)27-10-6-23(31(40)38-16-12-34-13-17-38)20-26(27)35-30(39)22-4-8-25(33)9-5-22/h4-11,20-21,34H,3,12-19H2,1-2H3,(H,35,39). The molecule has 0 aliphatic carbocycles. The molecule has 3 amide bonds. The van der Waals surface area contributed by atoms with Gasteiger partial charge in [-0.05, 0) is 67.1 Å². The molecule has 0 unspecified atom stereocenters. The number of anilines is 2. The lowest BCUT2D eigenvalue weighted by Gasteiger charge is -2.29. The number of carbonyl (C=O) groups is 3. The first-order valence-corrected chi connectivity index (χ1v) is 14.3. The van der Waals surface area contributed by atoms with Crippen LogP contribution in [0.3, 0.4) is 0 Å². The van der Waals surface area contributed by atoms with Crippen LogP contribution in [0.15, 0.2) is 60.7 Å². The summed E-state index contributed by atoms with van der Waals surface area (Å²) in [6.07, 6.45) is 0.700. The third-order valence-corrected chi connectivity index (χ3v) is 7.76. The van der Waals surface area contributed by atoms with Crippen LogP contribution in [0, 0.1) is 5.82 Å². The second kappa shape index (κ2) is 13.6. The molecular formula is C32H36FN5O5. The van der Waals surface area contributed by atoms with Gasteiger partial charge >= 0.3 is 0 Å². The van der Waals surface area contributed by atoms with Gasteiger partial charge in [0.1, 0.15) is 5.82 Å². The average Bonchev–Trinajstić information content (AvgIpc) is 3.30. The van der Waals surface area contributed by atoms with E-state index < -0.39 is 11.7 Å². The van der Waals surface area contributed by atoms with E-state index in [0.717, 1.165) is 18.8 Å². The molecule has 11 heteroatoms. The molecule has 0 atom stereocenters. The van der Waals surface area contributed by atoms with E-state index in [-0.39, 0.29) is 11.8 Å². The minimum Gasteiger partial charge on any atom is -0.493 e. The molecule has 0 saturated carbocycles. The van der Waals surface area contributed by atoms with E-state index in [9.17, 15) is 18.8 Å². The molecule has 2 fully saturated rings. The Labute approximate surface area is 250 Å². The minimum absolute atomic E-state index is 0.104. The fraction of sp³-hybridized carbons (Fsp3) is 0.344. The van der Waals surface area contributed by atoms with Crippen molar-refractivity contribution in [1.82, 2.24) is 15.1 Å². The fourth-order valence-corrected chi connectivity index (χ4v) is 5.40. The summed E-state index contributed by atoms with van der Waals surface area (Å²) in [5, 5.41) is 6.20. The number of methoxy groups -OCH3 is 2. The van der Waals surface area contributed by atoms with E-state index in [0.29, 0.717) is 79.6 Å². The van der Waals surface area contributed by atoms with E-state index in [1.165, 1.54) is 31.4 Å². The van der Waals surface area contributed by atoms with Gasteiger partial charge < -0.3 is 34.8 Å². The van der Waals surface area contributed by atoms with E-state index in [1.54, 1.807) is 47.2 Å². The fourth-order valence-electron chi connectivity index (χ4n) is 5.40. The highest BCUT2D eigenvalue weighted by molar-refractivity contribution is 6.07. The van der Waals surface area contributed by atoms with Crippen molar-refractivity contribution in [3.63, 3.8) is 0 Å². The van der Waals surface area contributed by atoms with Crippen LogP contribution >= 0.6 is 0 Å². The number of piperazine rings is 1. The summed E-state index contributed by atoms with van der Waals surface area (Å²) in [5.41, 5.74) is 2.51. The largest absolute Gasteiger partial charge is 0.493 e. The Morgan fingerprint density at radius 1 is 0.721 bits per heavy atom. The highest BCUT2D eigenvalue weighted by Crippen LogP contribution is 2.31. The lowest BCUT2D eigenvalue weighted by molar-refractivity contribution is 0.0734. The Balaban J connectivity index is 1.38. The maximum absolute atomic E-state index is 13.5. The van der Waals surface area contributed by atoms with Crippen molar-refractivity contribution in [1.29, 1.82) is 0 Å². The van der Waals surface area contributed by atoms with Gasteiger partial charge in [0.05, 0.1) is 25.6 Å². The van der Waals surface area contributed by atoms with Gasteiger partial charge in [0, 0.05) is 69.0 Å². The topological polar surface area (TPSA) is 103 Å². The number of hydrogen-bond acceptors (Lipinski definition) is 7. The average molecular weight is 590 g/mol. The van der Waals surface area contributed by atoms with Crippen LogP contribution in [0.4, 0.5) is 15.8 Å². The summed E-state index contributed by atoms with van der Waals surface area (Å²) in [5.74, 6) is -0.0137. The second-order valence-electron chi connectivity index (χ2n) is 10.4. The van der Waals surface area contributed by atoms with E-state index in [2.05, 4.69) is 15.5 Å². The number of hydrogen-bond donors (Lipinski definition) is 2. The molecule has 3 aromatic carbocycles. The molecule has 2 aliphatic rings. The number of carbonyl (C=O) groups excluding carboxylic acids is 3. The van der Waals surface area contributed by atoms with Crippen LogP contribution in [-0.4, -0.2) is 94.1 Å². The van der Waals surface area contributed by atoms with Crippen LogP contribution in [0.5, 0.6) is 11.5 Å². The van der Waals surface area contributed by atoms with E-state index >= 15 is 0 Å². The first kappa shape index (κ1) is 29.8. The molecule has 2 heterocycles. The lowest BCUT2D eigenvalue weighted by atomic mass is 10.1. The van der Waals surface area contributed by atoms with Crippen LogP contribution < -0.4 is 25.0 Å². The zero-order valence-electron chi connectivity index (χ0n) is 24.4. The predicted molar refractivity (Wildman–Crippen MR) is 162 cm³/mol. The van der Waals surface area contributed by atoms with Gasteiger partial charge in [-0.25, -0.2) is 4.39 Å². The van der Waals surface area contributed by atoms with Crippen molar-refractivity contribution in [2.75, 3.05) is 76.8 Å². The number of benzene rings is 3. The second-order valence-corrected chi connectivity index (χ2v) is 10.4. The van der Waals surface area contributed by atoms with Crippen molar-refractivity contribution < 1.29 is 28.2 Å². The minimum atomic E-state index is -0.433. The molecule has 10 nitrogen and oxygen atoms in total. The van der Waals surface area contributed by atoms with Crippen LogP contribution in [0.1, 0.15) is 37.5 Å². The monoisotopic (exact) mass is 589 g/mol. The summed E-state index contributed by atoms with van der Waals surface area (Å²) < 4.78 is 24.2. The van der Waals surface area contributed by atoms with Crippen LogP contribution in [0.25, 0.3) is 0 Å². The quantitative estimate of drug-likeness (QED) is 0.435. The SMILES string of the molecule is COc1ccc(C(=O)N2CCCN(c3ccc(C(=O)N4CCNCC4)cc3NC(=O)c3ccc(F)cc3)CC2)cc1OC. The summed E-state index contributed by atoms with van der Waals surface area (Å²) >= 11 is 0. The Morgan fingerprint density at radius 2 is 1.35 bits per heavy atom. The molecule has 2 aliphatic heterocycles. The number of nitrogens with one attached hydrogen (secondary N) is 2. The smallest absolute Gasteiger partial charge is 0.255 e. The van der Waals surface area contributed by atoms with Crippen LogP contribution in [-0.2, 0) is 0 Å². The van der Waals surface area contributed by atoms with Gasteiger partial charge in [0.2, 0.25) is 0 Å². The van der Waals surface area contributed by atoms with Crippen molar-refractivity contribution in [2.45, 2.75) is 6.42 Å². The Bertz CT molecular complexity index is 1480. The molecule has 226 valence electrons. The molecule has 0 radical (unpaired) electrons. The first-order chi connectivity index (χ1) is 20.9. The maximum Gasteiger partial charge on any atom is 0.255 e. The molecule has 2 N–H and O–H groups in total. The number of ether oxygens (including phenoxy) is 2. The third kappa shape index (κ3) is 6.89. The Hall–Kier alpha value is -4.64. The summed E-state index contributed by atoms with van der Waals surface area (Å²) in [6.45, 7) is 4.83. The van der Waals surface area contributed by atoms with Gasteiger partial charge in [0.15, 0.2) is 11.5 Å². The van der Waals surface area contributed by atoms with Crippen molar-refractivity contribution in [3.05, 3.63) is 83.2 Å². The molecule has 2 saturated heterocycles. The molecule has 0 spiro atoms. The van der Waals surface area contributed by atoms with Crippen molar-refractivity contribution in [3.8, 4) is 11.5 Å². The van der Waals surface area contributed by atoms with Crippen molar-refractivity contribution >= 4 is 29.1 Å². The highest BCUT2D eigenvalue weighted by atomic mass is 19.1. The van der Waals surface area contributed by atoms with Gasteiger partial charge in [0.25, 0.3) is 17.7 Å². The van der Waals surface area contributed by atoms with Crippen LogP contribution in [0.2, 0.25) is 0 Å².